The third-order valence-corrected chi connectivity index (χ3v) is 7.87. The molecule has 2 amide bonds. The summed E-state index contributed by atoms with van der Waals surface area (Å²) in [6, 6.07) is 3.18. The molecular formula is C25H29N3O8S. The number of carbonyl (C=O) groups excluding carboxylic acids is 4. The van der Waals surface area contributed by atoms with E-state index in [1.54, 1.807) is 36.3 Å². The van der Waals surface area contributed by atoms with Crippen molar-refractivity contribution in [3.63, 3.8) is 0 Å². The van der Waals surface area contributed by atoms with Gasteiger partial charge in [0, 0.05) is 24.4 Å². The summed E-state index contributed by atoms with van der Waals surface area (Å²) < 4.78 is 20.2. The van der Waals surface area contributed by atoms with E-state index in [1.807, 2.05) is 26.1 Å². The summed E-state index contributed by atoms with van der Waals surface area (Å²) in [4.78, 5) is 54.4. The van der Waals surface area contributed by atoms with Gasteiger partial charge in [-0.2, -0.15) is 0 Å². The number of carbonyl (C=O) groups is 4. The molecule has 12 heteroatoms. The normalized spacial score (nSPS) is 23.4. The van der Waals surface area contributed by atoms with Crippen LogP contribution in [-0.2, 0) is 23.9 Å². The highest BCUT2D eigenvalue weighted by Crippen LogP contribution is 2.51. The number of methoxy groups -OCH3 is 2. The largest absolute Gasteiger partial charge is 0.496 e. The molecule has 0 radical (unpaired) electrons. The molecule has 0 saturated carbocycles. The Labute approximate surface area is 218 Å². The Morgan fingerprint density at radius 1 is 1.14 bits per heavy atom. The Morgan fingerprint density at radius 3 is 2.43 bits per heavy atom. The van der Waals surface area contributed by atoms with Gasteiger partial charge in [0.15, 0.2) is 0 Å². The third kappa shape index (κ3) is 4.97. The van der Waals surface area contributed by atoms with Crippen LogP contribution in [0.2, 0.25) is 0 Å². The van der Waals surface area contributed by atoms with Gasteiger partial charge in [0.1, 0.15) is 34.5 Å². The molecule has 1 aromatic carbocycles. The van der Waals surface area contributed by atoms with E-state index in [-0.39, 0.29) is 5.56 Å². The zero-order valence-corrected chi connectivity index (χ0v) is 22.0. The third-order valence-electron chi connectivity index (χ3n) is 6.30. The number of allylic oxidation sites excluding steroid dienone is 1. The lowest BCUT2D eigenvalue weighted by Crippen LogP contribution is -2.70. The first-order chi connectivity index (χ1) is 17.6. The van der Waals surface area contributed by atoms with Crippen molar-refractivity contribution in [2.75, 3.05) is 28.1 Å². The van der Waals surface area contributed by atoms with Gasteiger partial charge in [0.25, 0.3) is 5.91 Å². The number of ether oxygens (including phenoxy) is 4. The molecule has 1 N–H and O–H groups in total. The van der Waals surface area contributed by atoms with Crippen molar-refractivity contribution in [2.45, 2.75) is 42.5 Å². The second-order valence-electron chi connectivity index (χ2n) is 9.17. The SMILES string of the molecule is COc1cccc(OC)c1C(=O)N[C@H]1C(=O)N2[C@H]1SC(C)(C)[C@H]2C(=O)OCOC(=O)C1=CN(C)C=CC1. The van der Waals surface area contributed by atoms with Gasteiger partial charge in [-0.25, -0.2) is 9.59 Å². The fraction of sp³-hybridized carbons (Fsp3) is 0.440. The Hall–Kier alpha value is -3.67. The van der Waals surface area contributed by atoms with Crippen molar-refractivity contribution < 1.29 is 38.1 Å². The molecule has 3 aliphatic heterocycles. The number of nitrogens with one attached hydrogen (secondary N) is 1. The average Bonchev–Trinajstić information content (AvgIpc) is 3.13. The van der Waals surface area contributed by atoms with E-state index in [0.717, 1.165) is 0 Å². The Balaban J connectivity index is 1.39. The van der Waals surface area contributed by atoms with Crippen molar-refractivity contribution in [3.05, 3.63) is 47.8 Å². The highest BCUT2D eigenvalue weighted by Gasteiger charge is 2.64. The molecule has 3 aliphatic rings. The van der Waals surface area contributed by atoms with Crippen molar-refractivity contribution >= 4 is 35.5 Å². The summed E-state index contributed by atoms with van der Waals surface area (Å²) in [5.74, 6) is -1.60. The molecule has 0 spiro atoms. The first-order valence-electron chi connectivity index (χ1n) is 11.5. The molecule has 11 nitrogen and oxygen atoms in total. The zero-order chi connectivity index (χ0) is 26.9. The van der Waals surface area contributed by atoms with Crippen LogP contribution in [-0.4, -0.2) is 83.8 Å². The maximum Gasteiger partial charge on any atom is 0.338 e. The van der Waals surface area contributed by atoms with Gasteiger partial charge in [0.2, 0.25) is 12.7 Å². The molecule has 3 heterocycles. The number of amides is 2. The van der Waals surface area contributed by atoms with Crippen LogP contribution in [0.4, 0.5) is 0 Å². The summed E-state index contributed by atoms with van der Waals surface area (Å²) >= 11 is 1.38. The fourth-order valence-corrected chi connectivity index (χ4v) is 6.17. The lowest BCUT2D eigenvalue weighted by Gasteiger charge is -2.43. The minimum Gasteiger partial charge on any atom is -0.496 e. The van der Waals surface area contributed by atoms with E-state index in [0.29, 0.717) is 23.5 Å². The van der Waals surface area contributed by atoms with Gasteiger partial charge in [-0.3, -0.25) is 9.59 Å². The number of β-lactam (4-membered cyclic amide) rings is 1. The van der Waals surface area contributed by atoms with Crippen molar-refractivity contribution in [3.8, 4) is 11.5 Å². The number of fused-ring (bicyclic) bond motifs is 1. The van der Waals surface area contributed by atoms with E-state index in [4.69, 9.17) is 18.9 Å². The van der Waals surface area contributed by atoms with Gasteiger partial charge < -0.3 is 34.1 Å². The summed E-state index contributed by atoms with van der Waals surface area (Å²) in [7, 11) is 4.66. The number of hydrogen-bond acceptors (Lipinski definition) is 10. The summed E-state index contributed by atoms with van der Waals surface area (Å²) in [5, 5.41) is 2.28. The molecule has 3 atom stereocenters. The Kier molecular flexibility index (Phi) is 7.39. The fourth-order valence-electron chi connectivity index (χ4n) is 4.55. The number of esters is 2. The van der Waals surface area contributed by atoms with Crippen molar-refractivity contribution in [2.24, 2.45) is 0 Å². The molecule has 0 aromatic heterocycles. The van der Waals surface area contributed by atoms with Crippen LogP contribution in [0.3, 0.4) is 0 Å². The Morgan fingerprint density at radius 2 is 1.81 bits per heavy atom. The first-order valence-corrected chi connectivity index (χ1v) is 12.4. The molecule has 2 saturated heterocycles. The molecule has 1 aromatic rings. The summed E-state index contributed by atoms with van der Waals surface area (Å²) in [6.07, 6.45) is 5.69. The number of hydrogen-bond donors (Lipinski definition) is 1. The van der Waals surface area contributed by atoms with Gasteiger partial charge in [0.05, 0.1) is 19.8 Å². The van der Waals surface area contributed by atoms with Gasteiger partial charge in [-0.05, 0) is 32.2 Å². The quantitative estimate of drug-likeness (QED) is 0.301. The summed E-state index contributed by atoms with van der Waals surface area (Å²) in [6.45, 7) is 3.07. The van der Waals surface area contributed by atoms with Crippen molar-refractivity contribution in [1.82, 2.24) is 15.1 Å². The molecule has 0 unspecified atom stereocenters. The highest BCUT2D eigenvalue weighted by atomic mass is 32.2. The van der Waals surface area contributed by atoms with Crippen molar-refractivity contribution in [1.29, 1.82) is 0 Å². The maximum absolute atomic E-state index is 13.1. The molecule has 198 valence electrons. The van der Waals surface area contributed by atoms with Crippen LogP contribution in [0.1, 0.15) is 30.6 Å². The predicted molar refractivity (Wildman–Crippen MR) is 134 cm³/mol. The van der Waals surface area contributed by atoms with E-state index in [1.165, 1.54) is 30.9 Å². The lowest BCUT2D eigenvalue weighted by atomic mass is 9.95. The number of thioether (sulfide) groups is 1. The Bertz CT molecular complexity index is 1160. The van der Waals surface area contributed by atoms with E-state index in [2.05, 4.69) is 5.32 Å². The molecule has 37 heavy (non-hydrogen) atoms. The second-order valence-corrected chi connectivity index (χ2v) is 10.9. The van der Waals surface area contributed by atoms with Gasteiger partial charge in [-0.15, -0.1) is 11.8 Å². The zero-order valence-electron chi connectivity index (χ0n) is 21.2. The molecule has 2 fully saturated rings. The van der Waals surface area contributed by atoms with Gasteiger partial charge in [-0.1, -0.05) is 12.1 Å². The van der Waals surface area contributed by atoms with E-state index >= 15 is 0 Å². The van der Waals surface area contributed by atoms with E-state index in [9.17, 15) is 19.2 Å². The minimum absolute atomic E-state index is 0.175. The first kappa shape index (κ1) is 26.4. The standard InChI is InChI=1S/C25H29N3O8S/c1-25(2)19(24(32)36-13-35-23(31)14-8-7-11-27(3)12-14)28-21(30)18(22(28)37-25)26-20(29)17-15(33-4)9-6-10-16(17)34-5/h6-7,9-12,18-19,22H,8,13H2,1-5H3,(H,26,29)/t18-,19+,22-/m0/s1. The highest BCUT2D eigenvalue weighted by molar-refractivity contribution is 8.01. The van der Waals surface area contributed by atoms with Crippen LogP contribution >= 0.6 is 11.8 Å². The van der Waals surface area contributed by atoms with Crippen LogP contribution in [0, 0.1) is 0 Å². The smallest absolute Gasteiger partial charge is 0.338 e. The molecule has 0 aliphatic carbocycles. The summed E-state index contributed by atoms with van der Waals surface area (Å²) in [5.41, 5.74) is 0.606. The van der Waals surface area contributed by atoms with Crippen LogP contribution < -0.4 is 14.8 Å². The monoisotopic (exact) mass is 531 g/mol. The maximum atomic E-state index is 13.1. The minimum atomic E-state index is -0.911. The molecule has 4 rings (SSSR count). The number of rotatable bonds is 8. The number of benzene rings is 1. The molecular weight excluding hydrogens is 502 g/mol. The number of nitrogens with zero attached hydrogens (tertiary/aromatic N) is 2. The topological polar surface area (TPSA) is 124 Å². The van der Waals surface area contributed by atoms with E-state index < -0.39 is 52.8 Å². The van der Waals surface area contributed by atoms with Crippen LogP contribution in [0.5, 0.6) is 11.5 Å². The average molecular weight is 532 g/mol. The van der Waals surface area contributed by atoms with Crippen LogP contribution in [0.15, 0.2) is 42.2 Å². The predicted octanol–water partition coefficient (Wildman–Crippen LogP) is 1.64. The molecule has 0 bridgehead atoms. The van der Waals surface area contributed by atoms with Gasteiger partial charge >= 0.3 is 11.9 Å². The lowest BCUT2D eigenvalue weighted by molar-refractivity contribution is -0.175. The van der Waals surface area contributed by atoms with Crippen LogP contribution in [0.25, 0.3) is 0 Å². The second kappa shape index (κ2) is 10.4.